The standard InChI is InChI=1S/C12H9ClN4S/c1-18-12-15-10(13)6-11(16-12)17-9-5-3-2-4-8(9)7-14-17/h2-7H,1H3. The lowest BCUT2D eigenvalue weighted by Crippen LogP contribution is -2.01. The molecule has 18 heavy (non-hydrogen) atoms. The van der Waals surface area contributed by atoms with Gasteiger partial charge in [-0.2, -0.15) is 5.10 Å². The van der Waals surface area contributed by atoms with Crippen LogP contribution in [0.4, 0.5) is 0 Å². The summed E-state index contributed by atoms with van der Waals surface area (Å²) >= 11 is 7.44. The smallest absolute Gasteiger partial charge is 0.190 e. The van der Waals surface area contributed by atoms with Crippen molar-refractivity contribution in [2.75, 3.05) is 6.26 Å². The lowest BCUT2D eigenvalue weighted by atomic mass is 10.2. The van der Waals surface area contributed by atoms with Gasteiger partial charge in [-0.25, -0.2) is 14.6 Å². The molecule has 4 nitrogen and oxygen atoms in total. The van der Waals surface area contributed by atoms with E-state index in [0.717, 1.165) is 10.9 Å². The van der Waals surface area contributed by atoms with Gasteiger partial charge in [0.1, 0.15) is 5.15 Å². The number of para-hydroxylation sites is 1. The first-order valence-corrected chi connectivity index (χ1v) is 6.90. The van der Waals surface area contributed by atoms with Crippen molar-refractivity contribution in [1.82, 2.24) is 19.7 Å². The Labute approximate surface area is 113 Å². The number of rotatable bonds is 2. The van der Waals surface area contributed by atoms with Crippen molar-refractivity contribution in [3.8, 4) is 5.82 Å². The second-order valence-corrected chi connectivity index (χ2v) is 4.81. The molecule has 0 radical (unpaired) electrons. The fourth-order valence-corrected chi connectivity index (χ4v) is 2.34. The third kappa shape index (κ3) is 1.95. The SMILES string of the molecule is CSc1nc(Cl)cc(-n2ncc3ccccc32)n1. The summed E-state index contributed by atoms with van der Waals surface area (Å²) in [6.07, 6.45) is 3.72. The van der Waals surface area contributed by atoms with Crippen LogP contribution in [0.25, 0.3) is 16.7 Å². The van der Waals surface area contributed by atoms with Gasteiger partial charge in [0, 0.05) is 11.5 Å². The molecule has 0 unspecified atom stereocenters. The number of aromatic nitrogens is 4. The summed E-state index contributed by atoms with van der Waals surface area (Å²) in [7, 11) is 0. The van der Waals surface area contributed by atoms with E-state index >= 15 is 0 Å². The number of benzene rings is 1. The van der Waals surface area contributed by atoms with Crippen molar-refractivity contribution >= 4 is 34.3 Å². The van der Waals surface area contributed by atoms with Crippen LogP contribution in [0, 0.1) is 0 Å². The Morgan fingerprint density at radius 3 is 2.89 bits per heavy atom. The number of hydrogen-bond donors (Lipinski definition) is 0. The molecule has 0 aliphatic heterocycles. The van der Waals surface area contributed by atoms with Crippen LogP contribution in [-0.2, 0) is 0 Å². The van der Waals surface area contributed by atoms with Crippen LogP contribution in [0.15, 0.2) is 41.7 Å². The second-order valence-electron chi connectivity index (χ2n) is 3.65. The Morgan fingerprint density at radius 1 is 1.22 bits per heavy atom. The highest BCUT2D eigenvalue weighted by Crippen LogP contribution is 2.20. The van der Waals surface area contributed by atoms with Crippen molar-refractivity contribution in [3.05, 3.63) is 41.7 Å². The lowest BCUT2D eigenvalue weighted by molar-refractivity contribution is 0.828. The van der Waals surface area contributed by atoms with E-state index in [9.17, 15) is 0 Å². The van der Waals surface area contributed by atoms with Crippen molar-refractivity contribution in [2.45, 2.75) is 5.16 Å². The molecule has 0 aliphatic rings. The maximum Gasteiger partial charge on any atom is 0.190 e. The van der Waals surface area contributed by atoms with Crippen LogP contribution in [0.5, 0.6) is 0 Å². The van der Waals surface area contributed by atoms with Crippen molar-refractivity contribution in [2.24, 2.45) is 0 Å². The predicted molar refractivity (Wildman–Crippen MR) is 73.5 cm³/mol. The van der Waals surface area contributed by atoms with E-state index in [1.807, 2.05) is 36.7 Å². The van der Waals surface area contributed by atoms with Gasteiger partial charge >= 0.3 is 0 Å². The first-order valence-electron chi connectivity index (χ1n) is 5.29. The van der Waals surface area contributed by atoms with Crippen LogP contribution in [0.3, 0.4) is 0 Å². The van der Waals surface area contributed by atoms with E-state index in [0.29, 0.717) is 16.1 Å². The minimum atomic E-state index is 0.420. The Morgan fingerprint density at radius 2 is 2.06 bits per heavy atom. The second kappa shape index (κ2) is 4.59. The summed E-state index contributed by atoms with van der Waals surface area (Å²) in [5.41, 5.74) is 0.999. The van der Waals surface area contributed by atoms with E-state index in [-0.39, 0.29) is 0 Å². The molecule has 0 amide bonds. The predicted octanol–water partition coefficient (Wildman–Crippen LogP) is 3.19. The van der Waals surface area contributed by atoms with Crippen LogP contribution in [-0.4, -0.2) is 26.0 Å². The van der Waals surface area contributed by atoms with Crippen LogP contribution < -0.4 is 0 Å². The molecule has 6 heteroatoms. The number of halogens is 1. The molecule has 0 saturated heterocycles. The van der Waals surface area contributed by atoms with Crippen LogP contribution in [0.1, 0.15) is 0 Å². The van der Waals surface area contributed by atoms with E-state index < -0.39 is 0 Å². The monoisotopic (exact) mass is 276 g/mol. The van der Waals surface area contributed by atoms with Gasteiger partial charge in [-0.05, 0) is 12.3 Å². The quantitative estimate of drug-likeness (QED) is 0.410. The Kier molecular flexibility index (Phi) is 2.93. The van der Waals surface area contributed by atoms with Crippen molar-refractivity contribution in [3.63, 3.8) is 0 Å². The topological polar surface area (TPSA) is 43.6 Å². The molecule has 0 atom stereocenters. The number of nitrogens with zero attached hydrogens (tertiary/aromatic N) is 4. The van der Waals surface area contributed by atoms with E-state index in [4.69, 9.17) is 11.6 Å². The first-order chi connectivity index (χ1) is 8.78. The molecule has 1 aromatic carbocycles. The number of thioether (sulfide) groups is 1. The summed E-state index contributed by atoms with van der Waals surface area (Å²) in [4.78, 5) is 8.53. The Bertz CT molecular complexity index is 710. The minimum absolute atomic E-state index is 0.420. The van der Waals surface area contributed by atoms with Gasteiger partial charge in [0.05, 0.1) is 11.7 Å². The van der Waals surface area contributed by atoms with Gasteiger partial charge in [-0.15, -0.1) is 0 Å². The largest absolute Gasteiger partial charge is 0.215 e. The van der Waals surface area contributed by atoms with Gasteiger partial charge in [0.25, 0.3) is 0 Å². The summed E-state index contributed by atoms with van der Waals surface area (Å²) in [6, 6.07) is 9.67. The molecule has 0 spiro atoms. The Balaban J connectivity index is 2.22. The molecule has 0 bridgehead atoms. The molecule has 90 valence electrons. The van der Waals surface area contributed by atoms with Crippen molar-refractivity contribution < 1.29 is 0 Å². The van der Waals surface area contributed by atoms with Gasteiger partial charge < -0.3 is 0 Å². The summed E-state index contributed by atoms with van der Waals surface area (Å²) < 4.78 is 1.77. The molecule has 2 heterocycles. The zero-order chi connectivity index (χ0) is 12.5. The molecular weight excluding hydrogens is 268 g/mol. The third-order valence-electron chi connectivity index (χ3n) is 2.54. The zero-order valence-corrected chi connectivity index (χ0v) is 11.1. The Hall–Kier alpha value is -1.59. The normalized spacial score (nSPS) is 11.0. The fraction of sp³-hybridized carbons (Fsp3) is 0.0833. The molecule has 0 aliphatic carbocycles. The highest BCUT2D eigenvalue weighted by atomic mass is 35.5. The minimum Gasteiger partial charge on any atom is -0.215 e. The lowest BCUT2D eigenvalue weighted by Gasteiger charge is -2.04. The molecule has 2 aromatic heterocycles. The van der Waals surface area contributed by atoms with Crippen LogP contribution >= 0.6 is 23.4 Å². The van der Waals surface area contributed by atoms with Gasteiger partial charge in [-0.1, -0.05) is 41.6 Å². The summed E-state index contributed by atoms with van der Waals surface area (Å²) in [5, 5.41) is 6.46. The number of fused-ring (bicyclic) bond motifs is 1. The third-order valence-corrected chi connectivity index (χ3v) is 3.28. The van der Waals surface area contributed by atoms with Gasteiger partial charge in [-0.3, -0.25) is 0 Å². The number of hydrogen-bond acceptors (Lipinski definition) is 4. The molecular formula is C12H9ClN4S. The van der Waals surface area contributed by atoms with E-state index in [2.05, 4.69) is 15.1 Å². The summed E-state index contributed by atoms with van der Waals surface area (Å²) in [6.45, 7) is 0. The first kappa shape index (κ1) is 11.5. The molecule has 0 N–H and O–H groups in total. The summed E-state index contributed by atoms with van der Waals surface area (Å²) in [5.74, 6) is 0.681. The highest BCUT2D eigenvalue weighted by Gasteiger charge is 2.08. The zero-order valence-electron chi connectivity index (χ0n) is 9.54. The molecule has 0 saturated carbocycles. The maximum atomic E-state index is 5.99. The average molecular weight is 277 g/mol. The van der Waals surface area contributed by atoms with E-state index in [1.165, 1.54) is 11.8 Å². The molecule has 3 aromatic rings. The molecule has 0 fully saturated rings. The highest BCUT2D eigenvalue weighted by molar-refractivity contribution is 7.98. The molecule has 3 rings (SSSR count). The van der Waals surface area contributed by atoms with E-state index in [1.54, 1.807) is 10.7 Å². The average Bonchev–Trinajstić information content (AvgIpc) is 2.81. The van der Waals surface area contributed by atoms with Crippen molar-refractivity contribution in [1.29, 1.82) is 0 Å². The maximum absolute atomic E-state index is 5.99. The van der Waals surface area contributed by atoms with Gasteiger partial charge in [0.2, 0.25) is 0 Å². The fourth-order valence-electron chi connectivity index (χ4n) is 1.74. The van der Waals surface area contributed by atoms with Crippen LogP contribution in [0.2, 0.25) is 5.15 Å². The van der Waals surface area contributed by atoms with Gasteiger partial charge in [0.15, 0.2) is 11.0 Å².